The molecule has 2 aromatic heterocycles. The Kier molecular flexibility index (Phi) is 2.83. The third-order valence-corrected chi connectivity index (χ3v) is 2.83. The summed E-state index contributed by atoms with van der Waals surface area (Å²) >= 11 is 0. The molecule has 0 radical (unpaired) electrons. The van der Waals surface area contributed by atoms with Gasteiger partial charge in [-0.05, 0) is 36.4 Å². The van der Waals surface area contributed by atoms with Crippen LogP contribution in [0.25, 0.3) is 17.1 Å². The molecule has 0 saturated carbocycles. The van der Waals surface area contributed by atoms with Crippen LogP contribution in [0.5, 0.6) is 0 Å². The molecule has 0 aliphatic heterocycles. The van der Waals surface area contributed by atoms with Crippen molar-refractivity contribution in [2.24, 2.45) is 0 Å². The summed E-state index contributed by atoms with van der Waals surface area (Å²) in [5.41, 5.74) is 0.878. The van der Waals surface area contributed by atoms with Gasteiger partial charge in [0.25, 0.3) is 0 Å². The Bertz CT molecular complexity index is 745. The molecule has 6 heteroatoms. The number of nitrogens with zero attached hydrogens (tertiary/aromatic N) is 2. The number of carbonyl (C=O) groups is 1. The first-order chi connectivity index (χ1) is 9.66. The molecule has 1 N–H and O–H groups in total. The first-order valence-corrected chi connectivity index (χ1v) is 5.78. The van der Waals surface area contributed by atoms with E-state index in [0.29, 0.717) is 17.1 Å². The number of hydrogen-bond acceptors (Lipinski definition) is 3. The molecule has 0 atom stereocenters. The van der Waals surface area contributed by atoms with E-state index in [2.05, 4.69) is 5.10 Å². The lowest BCUT2D eigenvalue weighted by molar-refractivity contribution is 0.0697. The van der Waals surface area contributed by atoms with Crippen LogP contribution in [0.1, 0.15) is 10.4 Å². The fourth-order valence-corrected chi connectivity index (χ4v) is 1.93. The number of halogens is 1. The van der Waals surface area contributed by atoms with E-state index in [1.165, 1.54) is 41.4 Å². The first kappa shape index (κ1) is 12.2. The highest BCUT2D eigenvalue weighted by Gasteiger charge is 2.21. The molecule has 0 amide bonds. The predicted octanol–water partition coefficient (Wildman–Crippen LogP) is 2.97. The summed E-state index contributed by atoms with van der Waals surface area (Å²) in [7, 11) is 0. The minimum absolute atomic E-state index is 0.0178. The van der Waals surface area contributed by atoms with Crippen LogP contribution in [-0.4, -0.2) is 20.9 Å². The lowest BCUT2D eigenvalue weighted by atomic mass is 10.2. The van der Waals surface area contributed by atoms with Crippen LogP contribution in [0.3, 0.4) is 0 Å². The molecule has 0 saturated heterocycles. The van der Waals surface area contributed by atoms with Gasteiger partial charge in [-0.2, -0.15) is 5.10 Å². The number of benzene rings is 1. The Morgan fingerprint density at radius 3 is 2.60 bits per heavy atom. The van der Waals surface area contributed by atoms with Gasteiger partial charge in [0.05, 0.1) is 18.1 Å². The molecular formula is C14H9FN2O3. The summed E-state index contributed by atoms with van der Waals surface area (Å²) in [6.45, 7) is 0. The van der Waals surface area contributed by atoms with Gasteiger partial charge in [0.15, 0.2) is 5.76 Å². The van der Waals surface area contributed by atoms with E-state index in [9.17, 15) is 14.3 Å². The highest BCUT2D eigenvalue weighted by molar-refractivity contribution is 5.94. The molecule has 0 aliphatic carbocycles. The monoisotopic (exact) mass is 272 g/mol. The van der Waals surface area contributed by atoms with E-state index >= 15 is 0 Å². The van der Waals surface area contributed by atoms with E-state index in [1.54, 1.807) is 12.1 Å². The maximum Gasteiger partial charge on any atom is 0.339 e. The minimum Gasteiger partial charge on any atom is -0.478 e. The largest absolute Gasteiger partial charge is 0.478 e. The molecule has 2 heterocycles. The van der Waals surface area contributed by atoms with Gasteiger partial charge >= 0.3 is 5.97 Å². The smallest absolute Gasteiger partial charge is 0.339 e. The molecule has 0 bridgehead atoms. The van der Waals surface area contributed by atoms with E-state index in [-0.39, 0.29) is 11.4 Å². The summed E-state index contributed by atoms with van der Waals surface area (Å²) in [6, 6.07) is 8.89. The molecule has 3 rings (SSSR count). The van der Waals surface area contributed by atoms with Gasteiger partial charge in [0.2, 0.25) is 0 Å². The number of carboxylic acids is 1. The number of carboxylic acid groups (broad SMARTS) is 1. The molecule has 0 spiro atoms. The van der Waals surface area contributed by atoms with Gasteiger partial charge in [-0.1, -0.05) is 0 Å². The van der Waals surface area contributed by atoms with Crippen molar-refractivity contribution in [2.75, 3.05) is 0 Å². The Labute approximate surface area is 112 Å². The third kappa shape index (κ3) is 1.97. The minimum atomic E-state index is -1.11. The molecule has 5 nitrogen and oxygen atoms in total. The van der Waals surface area contributed by atoms with Crippen molar-refractivity contribution in [3.8, 4) is 17.1 Å². The van der Waals surface area contributed by atoms with Crippen molar-refractivity contribution in [1.82, 2.24) is 9.78 Å². The molecule has 3 aromatic rings. The number of aromatic carboxylic acids is 1. The Morgan fingerprint density at radius 1 is 1.25 bits per heavy atom. The average Bonchev–Trinajstić information content (AvgIpc) is 3.08. The van der Waals surface area contributed by atoms with Crippen LogP contribution in [0.15, 0.2) is 53.3 Å². The predicted molar refractivity (Wildman–Crippen MR) is 68.2 cm³/mol. The van der Waals surface area contributed by atoms with Crippen LogP contribution < -0.4 is 0 Å². The van der Waals surface area contributed by atoms with Gasteiger partial charge < -0.3 is 9.52 Å². The van der Waals surface area contributed by atoms with Crippen molar-refractivity contribution >= 4 is 5.97 Å². The van der Waals surface area contributed by atoms with Crippen molar-refractivity contribution in [2.45, 2.75) is 0 Å². The standard InChI is InChI=1S/C14H9FN2O3/c15-9-3-5-10(6-4-9)17-13(12-2-1-7-20-12)11(8-16-17)14(18)19/h1-8H,(H,18,19). The van der Waals surface area contributed by atoms with E-state index in [4.69, 9.17) is 4.42 Å². The molecule has 20 heavy (non-hydrogen) atoms. The summed E-state index contributed by atoms with van der Waals surface area (Å²) in [5.74, 6) is -1.10. The second-order valence-electron chi connectivity index (χ2n) is 4.08. The third-order valence-electron chi connectivity index (χ3n) is 2.83. The normalized spacial score (nSPS) is 10.7. The topological polar surface area (TPSA) is 68.3 Å². The van der Waals surface area contributed by atoms with Crippen molar-refractivity contribution in [3.63, 3.8) is 0 Å². The zero-order valence-corrected chi connectivity index (χ0v) is 10.2. The van der Waals surface area contributed by atoms with Crippen LogP contribution in [0.2, 0.25) is 0 Å². The van der Waals surface area contributed by atoms with Crippen molar-refractivity contribution < 1.29 is 18.7 Å². The Hall–Kier alpha value is -2.89. The second kappa shape index (κ2) is 4.65. The van der Waals surface area contributed by atoms with Crippen LogP contribution in [0, 0.1) is 5.82 Å². The summed E-state index contributed by atoms with van der Waals surface area (Å²) in [5, 5.41) is 13.3. The van der Waals surface area contributed by atoms with Gasteiger partial charge in [-0.15, -0.1) is 0 Å². The van der Waals surface area contributed by atoms with E-state index < -0.39 is 5.97 Å². The molecular weight excluding hydrogens is 263 g/mol. The fourth-order valence-electron chi connectivity index (χ4n) is 1.93. The molecule has 0 aliphatic rings. The lowest BCUT2D eigenvalue weighted by Gasteiger charge is -2.06. The number of rotatable bonds is 3. The Morgan fingerprint density at radius 2 is 2.00 bits per heavy atom. The fraction of sp³-hybridized carbons (Fsp3) is 0. The van der Waals surface area contributed by atoms with Crippen LogP contribution in [0.4, 0.5) is 4.39 Å². The van der Waals surface area contributed by atoms with Gasteiger partial charge in [0.1, 0.15) is 17.1 Å². The summed E-state index contributed by atoms with van der Waals surface area (Å²) in [4.78, 5) is 11.3. The average molecular weight is 272 g/mol. The summed E-state index contributed by atoms with van der Waals surface area (Å²) < 4.78 is 19.6. The number of furan rings is 1. The number of aromatic nitrogens is 2. The quantitative estimate of drug-likeness (QED) is 0.795. The molecule has 0 fully saturated rings. The van der Waals surface area contributed by atoms with Gasteiger partial charge in [-0.25, -0.2) is 13.9 Å². The van der Waals surface area contributed by atoms with Gasteiger partial charge in [-0.3, -0.25) is 0 Å². The summed E-state index contributed by atoms with van der Waals surface area (Å²) in [6.07, 6.45) is 2.69. The molecule has 1 aromatic carbocycles. The maximum atomic E-state index is 13.0. The highest BCUT2D eigenvalue weighted by atomic mass is 19.1. The Balaban J connectivity index is 2.21. The van der Waals surface area contributed by atoms with Crippen molar-refractivity contribution in [3.05, 3.63) is 60.2 Å². The van der Waals surface area contributed by atoms with Gasteiger partial charge in [0, 0.05) is 0 Å². The molecule has 100 valence electrons. The maximum absolute atomic E-state index is 13.0. The second-order valence-corrected chi connectivity index (χ2v) is 4.08. The van der Waals surface area contributed by atoms with Crippen LogP contribution >= 0.6 is 0 Å². The zero-order valence-electron chi connectivity index (χ0n) is 10.2. The van der Waals surface area contributed by atoms with Crippen molar-refractivity contribution in [1.29, 1.82) is 0 Å². The van der Waals surface area contributed by atoms with E-state index in [1.807, 2.05) is 0 Å². The number of hydrogen-bond donors (Lipinski definition) is 1. The first-order valence-electron chi connectivity index (χ1n) is 5.78. The SMILES string of the molecule is O=C(O)c1cnn(-c2ccc(F)cc2)c1-c1ccco1. The highest BCUT2D eigenvalue weighted by Crippen LogP contribution is 2.27. The van der Waals surface area contributed by atoms with E-state index in [0.717, 1.165) is 0 Å². The zero-order chi connectivity index (χ0) is 14.1. The molecule has 0 unspecified atom stereocenters. The lowest BCUT2D eigenvalue weighted by Crippen LogP contribution is -2.02. The van der Waals surface area contributed by atoms with Crippen LogP contribution in [-0.2, 0) is 0 Å².